The van der Waals surface area contributed by atoms with Crippen LogP contribution in [0, 0.1) is 0 Å². The fourth-order valence-corrected chi connectivity index (χ4v) is 3.94. The molecule has 1 aromatic rings. The molecule has 0 aromatic carbocycles. The van der Waals surface area contributed by atoms with Crippen LogP contribution >= 0.6 is 23.1 Å². The second kappa shape index (κ2) is 7.79. The summed E-state index contributed by atoms with van der Waals surface area (Å²) in [5.74, 6) is 0. The van der Waals surface area contributed by atoms with Crippen molar-refractivity contribution in [1.29, 1.82) is 0 Å². The number of aliphatic hydroxyl groups excluding tert-OH is 2. The molecule has 0 saturated heterocycles. The van der Waals surface area contributed by atoms with E-state index in [0.29, 0.717) is 0 Å². The third kappa shape index (κ3) is 3.97. The average Bonchev–Trinajstić information content (AvgIpc) is 3.10. The first-order valence-corrected chi connectivity index (χ1v) is 8.62. The topological polar surface area (TPSA) is 47.6 Å². The zero-order chi connectivity index (χ0) is 15.2. The standard InChI is InChI=1S/C15H21N2O2S2/c1-3-16-8-12(10-18)20-14(16)6-5-7-15-17(4-2)9-13(11-19)21-15/h5-9,18-19H,3-4,10-11H2,1-2H3/q+1. The lowest BCUT2D eigenvalue weighted by atomic mass is 10.4. The predicted octanol–water partition coefficient (Wildman–Crippen LogP) is 2.30. The van der Waals surface area contributed by atoms with Gasteiger partial charge in [0.15, 0.2) is 6.20 Å². The van der Waals surface area contributed by atoms with Crippen LogP contribution in [0.15, 0.2) is 34.5 Å². The van der Waals surface area contributed by atoms with Gasteiger partial charge in [-0.1, -0.05) is 29.2 Å². The number of thioether (sulfide) groups is 1. The molecule has 114 valence electrons. The number of hydrogen-bond donors (Lipinski definition) is 2. The minimum absolute atomic E-state index is 0.0862. The number of aromatic nitrogens is 1. The van der Waals surface area contributed by atoms with Gasteiger partial charge in [0.25, 0.3) is 5.01 Å². The van der Waals surface area contributed by atoms with E-state index in [4.69, 9.17) is 0 Å². The summed E-state index contributed by atoms with van der Waals surface area (Å²) in [5.41, 5.74) is 0. The Hall–Kier alpha value is -1.08. The molecule has 0 fully saturated rings. The first kappa shape index (κ1) is 16.3. The van der Waals surface area contributed by atoms with E-state index >= 15 is 0 Å². The minimum atomic E-state index is 0.0862. The Labute approximate surface area is 133 Å². The van der Waals surface area contributed by atoms with Gasteiger partial charge in [-0.25, -0.2) is 0 Å². The van der Waals surface area contributed by atoms with Crippen LogP contribution in [-0.4, -0.2) is 28.3 Å². The quantitative estimate of drug-likeness (QED) is 0.788. The lowest BCUT2D eigenvalue weighted by Crippen LogP contribution is -2.32. The maximum Gasteiger partial charge on any atom is 0.261 e. The van der Waals surface area contributed by atoms with Crippen molar-refractivity contribution in [1.82, 2.24) is 4.90 Å². The Morgan fingerprint density at radius 3 is 2.71 bits per heavy atom. The van der Waals surface area contributed by atoms with Crippen molar-refractivity contribution in [3.8, 4) is 0 Å². The molecule has 4 nitrogen and oxygen atoms in total. The molecule has 0 amide bonds. The summed E-state index contributed by atoms with van der Waals surface area (Å²) in [6.07, 6.45) is 10.1. The maximum atomic E-state index is 9.21. The Bertz CT molecular complexity index is 576. The van der Waals surface area contributed by atoms with E-state index in [9.17, 15) is 10.2 Å². The average molecular weight is 325 g/mol. The predicted molar refractivity (Wildman–Crippen MR) is 88.4 cm³/mol. The molecule has 0 radical (unpaired) electrons. The molecule has 1 aliphatic heterocycles. The van der Waals surface area contributed by atoms with Crippen molar-refractivity contribution in [2.75, 3.05) is 13.2 Å². The van der Waals surface area contributed by atoms with Crippen LogP contribution in [0.25, 0.3) is 6.08 Å². The maximum absolute atomic E-state index is 9.21. The number of allylic oxidation sites excluding steroid dienone is 2. The van der Waals surface area contributed by atoms with Crippen molar-refractivity contribution in [3.05, 3.63) is 44.4 Å². The van der Waals surface area contributed by atoms with E-state index in [-0.39, 0.29) is 13.2 Å². The highest BCUT2D eigenvalue weighted by molar-refractivity contribution is 8.06. The molecule has 2 rings (SSSR count). The number of nitrogens with zero attached hydrogens (tertiary/aromatic N) is 2. The summed E-state index contributed by atoms with van der Waals surface area (Å²) in [6.45, 7) is 6.13. The van der Waals surface area contributed by atoms with Gasteiger partial charge in [-0.15, -0.1) is 0 Å². The molecule has 0 atom stereocenters. The lowest BCUT2D eigenvalue weighted by Gasteiger charge is -2.13. The van der Waals surface area contributed by atoms with Crippen molar-refractivity contribution < 1.29 is 14.8 Å². The molecule has 0 saturated carbocycles. The van der Waals surface area contributed by atoms with Crippen LogP contribution in [0.4, 0.5) is 0 Å². The Morgan fingerprint density at radius 2 is 2.10 bits per heavy atom. The monoisotopic (exact) mass is 325 g/mol. The number of rotatable bonds is 6. The summed E-state index contributed by atoms with van der Waals surface area (Å²) < 4.78 is 2.13. The SMILES string of the molecule is CCN1C=C(CO)S/C1=C\C=C/c1sc(CO)c[n+]1CC. The van der Waals surface area contributed by atoms with Gasteiger partial charge in [0.05, 0.1) is 23.1 Å². The molecule has 21 heavy (non-hydrogen) atoms. The molecule has 2 N–H and O–H groups in total. The Kier molecular flexibility index (Phi) is 6.05. The van der Waals surface area contributed by atoms with Gasteiger partial charge in [0.1, 0.15) is 6.54 Å². The highest BCUT2D eigenvalue weighted by atomic mass is 32.2. The van der Waals surface area contributed by atoms with Crippen molar-refractivity contribution in [2.45, 2.75) is 27.0 Å². The number of aryl methyl sites for hydroxylation is 1. The normalized spacial score (nSPS) is 17.2. The summed E-state index contributed by atoms with van der Waals surface area (Å²) in [4.78, 5) is 4.07. The number of thiazole rings is 1. The molecule has 0 aliphatic carbocycles. The van der Waals surface area contributed by atoms with E-state index < -0.39 is 0 Å². The van der Waals surface area contributed by atoms with Crippen LogP contribution < -0.4 is 4.57 Å². The van der Waals surface area contributed by atoms with Gasteiger partial charge in [0, 0.05) is 23.7 Å². The molecule has 0 spiro atoms. The fraction of sp³-hybridized carbons (Fsp3) is 0.400. The third-order valence-electron chi connectivity index (χ3n) is 3.11. The van der Waals surface area contributed by atoms with Gasteiger partial charge in [-0.05, 0) is 19.9 Å². The van der Waals surface area contributed by atoms with Crippen LogP contribution in [0.3, 0.4) is 0 Å². The smallest absolute Gasteiger partial charge is 0.261 e. The zero-order valence-corrected chi connectivity index (χ0v) is 14.0. The molecule has 6 heteroatoms. The highest BCUT2D eigenvalue weighted by Crippen LogP contribution is 2.35. The molecule has 2 heterocycles. The van der Waals surface area contributed by atoms with E-state index in [1.54, 1.807) is 23.1 Å². The second-order valence-corrected chi connectivity index (χ2v) is 6.78. The highest BCUT2D eigenvalue weighted by Gasteiger charge is 2.16. The number of hydrogen-bond acceptors (Lipinski definition) is 5. The molecule has 1 aromatic heterocycles. The number of aliphatic hydroxyl groups is 2. The van der Waals surface area contributed by atoms with Gasteiger partial charge in [-0.3, -0.25) is 0 Å². The molecule has 1 aliphatic rings. The third-order valence-corrected chi connectivity index (χ3v) is 5.26. The Balaban J connectivity index is 2.11. The van der Waals surface area contributed by atoms with Gasteiger partial charge in [0.2, 0.25) is 0 Å². The van der Waals surface area contributed by atoms with Crippen LogP contribution in [0.1, 0.15) is 23.7 Å². The first-order valence-electron chi connectivity index (χ1n) is 6.99. The molecule has 0 bridgehead atoms. The fourth-order valence-electron chi connectivity index (χ4n) is 2.03. The molecular formula is C15H21N2O2S2+. The lowest BCUT2D eigenvalue weighted by molar-refractivity contribution is -0.690. The largest absolute Gasteiger partial charge is 0.391 e. The second-order valence-electron chi connectivity index (χ2n) is 4.49. The minimum Gasteiger partial charge on any atom is -0.391 e. The van der Waals surface area contributed by atoms with Gasteiger partial charge in [-0.2, -0.15) is 4.57 Å². The molecular weight excluding hydrogens is 304 g/mol. The van der Waals surface area contributed by atoms with E-state index in [0.717, 1.165) is 32.9 Å². The van der Waals surface area contributed by atoms with Gasteiger partial charge < -0.3 is 15.1 Å². The van der Waals surface area contributed by atoms with Crippen molar-refractivity contribution >= 4 is 29.2 Å². The summed E-state index contributed by atoms with van der Waals surface area (Å²) in [7, 11) is 0. The van der Waals surface area contributed by atoms with Gasteiger partial charge >= 0.3 is 0 Å². The summed E-state index contributed by atoms with van der Waals surface area (Å²) >= 11 is 3.20. The van der Waals surface area contributed by atoms with Crippen molar-refractivity contribution in [3.63, 3.8) is 0 Å². The Morgan fingerprint density at radius 1 is 1.29 bits per heavy atom. The van der Waals surface area contributed by atoms with Crippen LogP contribution in [0.5, 0.6) is 0 Å². The van der Waals surface area contributed by atoms with E-state index in [2.05, 4.69) is 35.5 Å². The van der Waals surface area contributed by atoms with Crippen LogP contribution in [-0.2, 0) is 13.2 Å². The van der Waals surface area contributed by atoms with Crippen molar-refractivity contribution in [2.24, 2.45) is 0 Å². The summed E-state index contributed by atoms with van der Waals surface area (Å²) in [5, 5.41) is 20.7. The first-order chi connectivity index (χ1) is 10.2. The van der Waals surface area contributed by atoms with E-state index in [1.165, 1.54) is 0 Å². The zero-order valence-electron chi connectivity index (χ0n) is 12.3. The summed E-state index contributed by atoms with van der Waals surface area (Å²) in [6, 6.07) is 0. The van der Waals surface area contributed by atoms with Crippen LogP contribution in [0.2, 0.25) is 0 Å². The van der Waals surface area contributed by atoms with E-state index in [1.807, 2.05) is 18.5 Å². The molecule has 0 unspecified atom stereocenters.